The van der Waals surface area contributed by atoms with Gasteiger partial charge in [-0.3, -0.25) is 0 Å². The summed E-state index contributed by atoms with van der Waals surface area (Å²) in [4.78, 5) is 4.07. The molecule has 4 nitrogen and oxygen atoms in total. The molecular formula is C12H10ClN3O. The van der Waals surface area contributed by atoms with Crippen LogP contribution in [0.3, 0.4) is 0 Å². The summed E-state index contributed by atoms with van der Waals surface area (Å²) in [6, 6.07) is 7.18. The normalized spacial score (nSPS) is 9.94. The Labute approximate surface area is 104 Å². The topological polar surface area (TPSA) is 61.9 Å². The van der Waals surface area contributed by atoms with Crippen molar-refractivity contribution in [2.45, 2.75) is 13.5 Å². The van der Waals surface area contributed by atoms with Gasteiger partial charge in [0, 0.05) is 5.02 Å². The number of hydrogen-bond acceptors (Lipinski definition) is 4. The van der Waals surface area contributed by atoms with Gasteiger partial charge in [0.1, 0.15) is 11.8 Å². The number of rotatable bonds is 3. The molecule has 0 amide bonds. The lowest BCUT2D eigenvalue weighted by Crippen LogP contribution is -2.01. The smallest absolute Gasteiger partial charge is 0.213 e. The van der Waals surface area contributed by atoms with E-state index in [0.717, 1.165) is 5.76 Å². The van der Waals surface area contributed by atoms with Gasteiger partial charge in [0.05, 0.1) is 24.0 Å². The second-order valence-electron chi connectivity index (χ2n) is 3.52. The Hall–Kier alpha value is -1.99. The fourth-order valence-electron chi connectivity index (χ4n) is 1.42. The number of hydrogen-bond donors (Lipinski definition) is 1. The Morgan fingerprint density at radius 3 is 3.00 bits per heavy atom. The maximum Gasteiger partial charge on any atom is 0.213 e. The van der Waals surface area contributed by atoms with Crippen LogP contribution in [0.2, 0.25) is 5.02 Å². The Morgan fingerprint density at radius 1 is 1.53 bits per heavy atom. The van der Waals surface area contributed by atoms with E-state index in [4.69, 9.17) is 21.3 Å². The summed E-state index contributed by atoms with van der Waals surface area (Å²) in [5.41, 5.74) is 1.22. The van der Waals surface area contributed by atoms with E-state index < -0.39 is 0 Å². The summed E-state index contributed by atoms with van der Waals surface area (Å²) in [5.74, 6) is 1.35. The predicted octanol–water partition coefficient (Wildman–Crippen LogP) is 3.12. The van der Waals surface area contributed by atoms with E-state index in [2.05, 4.69) is 16.4 Å². The van der Waals surface area contributed by atoms with Crippen molar-refractivity contribution in [2.75, 3.05) is 5.32 Å². The van der Waals surface area contributed by atoms with E-state index in [1.54, 1.807) is 24.4 Å². The highest BCUT2D eigenvalue weighted by atomic mass is 35.5. The van der Waals surface area contributed by atoms with Crippen molar-refractivity contribution >= 4 is 17.3 Å². The number of nitrogens with one attached hydrogen (secondary N) is 1. The molecule has 2 rings (SSSR count). The lowest BCUT2D eigenvalue weighted by molar-refractivity contribution is 0.479. The van der Waals surface area contributed by atoms with Crippen LogP contribution in [-0.4, -0.2) is 4.98 Å². The first-order valence-corrected chi connectivity index (χ1v) is 5.41. The van der Waals surface area contributed by atoms with Crippen molar-refractivity contribution in [3.63, 3.8) is 0 Å². The van der Waals surface area contributed by atoms with Gasteiger partial charge < -0.3 is 9.73 Å². The van der Waals surface area contributed by atoms with Gasteiger partial charge in [0.2, 0.25) is 5.89 Å². The minimum atomic E-state index is 0.435. The number of nitriles is 1. The molecule has 0 fully saturated rings. The largest absolute Gasteiger partial charge is 0.444 e. The van der Waals surface area contributed by atoms with Gasteiger partial charge in [0.25, 0.3) is 0 Å². The molecule has 0 aliphatic heterocycles. The molecule has 2 aromatic rings. The first-order valence-electron chi connectivity index (χ1n) is 5.04. The molecule has 0 spiro atoms. The van der Waals surface area contributed by atoms with Crippen LogP contribution in [0.1, 0.15) is 17.2 Å². The minimum Gasteiger partial charge on any atom is -0.444 e. The molecular weight excluding hydrogens is 238 g/mol. The molecule has 1 aromatic heterocycles. The molecule has 0 atom stereocenters. The third-order valence-corrected chi connectivity index (χ3v) is 2.44. The Morgan fingerprint density at radius 2 is 2.35 bits per heavy atom. The van der Waals surface area contributed by atoms with E-state index >= 15 is 0 Å². The maximum absolute atomic E-state index is 8.96. The third-order valence-electron chi connectivity index (χ3n) is 2.20. The number of benzene rings is 1. The SMILES string of the molecule is Cc1cnc(CNc2ccc(Cl)cc2C#N)o1. The van der Waals surface area contributed by atoms with E-state index in [1.165, 1.54) is 0 Å². The molecule has 0 radical (unpaired) electrons. The average Bonchev–Trinajstić information content (AvgIpc) is 2.73. The molecule has 86 valence electrons. The lowest BCUT2D eigenvalue weighted by atomic mass is 10.2. The van der Waals surface area contributed by atoms with Crippen molar-refractivity contribution < 1.29 is 4.42 Å². The zero-order chi connectivity index (χ0) is 12.3. The quantitative estimate of drug-likeness (QED) is 0.905. The summed E-state index contributed by atoms with van der Waals surface area (Å²) in [7, 11) is 0. The molecule has 0 saturated carbocycles. The van der Waals surface area contributed by atoms with Gasteiger partial charge in [-0.25, -0.2) is 4.98 Å². The molecule has 0 unspecified atom stereocenters. The number of anilines is 1. The van der Waals surface area contributed by atoms with Crippen molar-refractivity contribution in [2.24, 2.45) is 0 Å². The first-order chi connectivity index (χ1) is 8.19. The Bertz CT molecular complexity index is 571. The molecule has 0 bridgehead atoms. The molecule has 1 aromatic carbocycles. The monoisotopic (exact) mass is 247 g/mol. The molecule has 0 aliphatic carbocycles. The van der Waals surface area contributed by atoms with Crippen molar-refractivity contribution in [3.05, 3.63) is 46.6 Å². The predicted molar refractivity (Wildman–Crippen MR) is 64.7 cm³/mol. The molecule has 1 N–H and O–H groups in total. The summed E-state index contributed by atoms with van der Waals surface area (Å²) in [6.07, 6.45) is 1.66. The Balaban J connectivity index is 2.12. The second-order valence-corrected chi connectivity index (χ2v) is 3.96. The zero-order valence-electron chi connectivity index (χ0n) is 9.20. The highest BCUT2D eigenvalue weighted by molar-refractivity contribution is 6.30. The van der Waals surface area contributed by atoms with Crippen LogP contribution in [0, 0.1) is 18.3 Å². The molecule has 0 saturated heterocycles. The van der Waals surface area contributed by atoms with Crippen LogP contribution in [-0.2, 0) is 6.54 Å². The fraction of sp³-hybridized carbons (Fsp3) is 0.167. The summed E-state index contributed by atoms with van der Waals surface area (Å²) < 4.78 is 5.32. The van der Waals surface area contributed by atoms with E-state index in [-0.39, 0.29) is 0 Å². The standard InChI is InChI=1S/C12H10ClN3O/c1-8-6-16-12(17-8)7-15-11-3-2-10(13)4-9(11)5-14/h2-4,6,15H,7H2,1H3. The van der Waals surface area contributed by atoms with Gasteiger partial charge in [-0.1, -0.05) is 11.6 Å². The van der Waals surface area contributed by atoms with E-state index in [9.17, 15) is 0 Å². The van der Waals surface area contributed by atoms with Gasteiger partial charge in [-0.05, 0) is 25.1 Å². The number of nitrogens with zero attached hydrogens (tertiary/aromatic N) is 2. The van der Waals surface area contributed by atoms with Crippen LogP contribution in [0.15, 0.2) is 28.8 Å². The van der Waals surface area contributed by atoms with Crippen molar-refractivity contribution in [1.29, 1.82) is 5.26 Å². The number of aryl methyl sites for hydroxylation is 1. The van der Waals surface area contributed by atoms with Crippen molar-refractivity contribution in [1.82, 2.24) is 4.98 Å². The average molecular weight is 248 g/mol. The molecule has 1 heterocycles. The Kier molecular flexibility index (Phi) is 3.31. The highest BCUT2D eigenvalue weighted by Crippen LogP contribution is 2.20. The van der Waals surface area contributed by atoms with Crippen LogP contribution in [0.5, 0.6) is 0 Å². The van der Waals surface area contributed by atoms with Gasteiger partial charge in [-0.15, -0.1) is 0 Å². The minimum absolute atomic E-state index is 0.435. The van der Waals surface area contributed by atoms with Crippen molar-refractivity contribution in [3.8, 4) is 6.07 Å². The third kappa shape index (κ3) is 2.77. The van der Waals surface area contributed by atoms with Crippen LogP contribution in [0.4, 0.5) is 5.69 Å². The zero-order valence-corrected chi connectivity index (χ0v) is 9.95. The fourth-order valence-corrected chi connectivity index (χ4v) is 1.59. The van der Waals surface area contributed by atoms with Gasteiger partial charge in [0.15, 0.2) is 0 Å². The second kappa shape index (κ2) is 4.89. The number of oxazole rings is 1. The lowest BCUT2D eigenvalue weighted by Gasteiger charge is -2.05. The molecule has 5 heteroatoms. The highest BCUT2D eigenvalue weighted by Gasteiger charge is 2.04. The summed E-state index contributed by atoms with van der Waals surface area (Å²) >= 11 is 5.81. The summed E-state index contributed by atoms with van der Waals surface area (Å²) in [5, 5.41) is 12.6. The number of aromatic nitrogens is 1. The van der Waals surface area contributed by atoms with E-state index in [0.29, 0.717) is 28.7 Å². The van der Waals surface area contributed by atoms with E-state index in [1.807, 2.05) is 6.92 Å². The van der Waals surface area contributed by atoms with Crippen LogP contribution < -0.4 is 5.32 Å². The first kappa shape index (κ1) is 11.5. The molecule has 17 heavy (non-hydrogen) atoms. The van der Waals surface area contributed by atoms with Gasteiger partial charge in [-0.2, -0.15) is 5.26 Å². The molecule has 0 aliphatic rings. The van der Waals surface area contributed by atoms with Crippen LogP contribution in [0.25, 0.3) is 0 Å². The van der Waals surface area contributed by atoms with Gasteiger partial charge >= 0.3 is 0 Å². The number of halogens is 1. The maximum atomic E-state index is 8.96. The summed E-state index contributed by atoms with van der Waals surface area (Å²) in [6.45, 7) is 2.27. The van der Waals surface area contributed by atoms with Crippen LogP contribution >= 0.6 is 11.6 Å².